The number of nitrogens with zero attached hydrogens (tertiary/aromatic N) is 2. The van der Waals surface area contributed by atoms with Crippen LogP contribution in [-0.4, -0.2) is 17.2 Å². The summed E-state index contributed by atoms with van der Waals surface area (Å²) in [6.45, 7) is 0. The first-order valence-corrected chi connectivity index (χ1v) is 23.1. The van der Waals surface area contributed by atoms with Crippen molar-refractivity contribution in [2.24, 2.45) is 0 Å². The minimum atomic E-state index is -4.80. The van der Waals surface area contributed by atoms with Crippen LogP contribution in [0.3, 0.4) is 0 Å². The van der Waals surface area contributed by atoms with E-state index in [1.165, 1.54) is 15.9 Å². The Bertz CT molecular complexity index is 4980. The summed E-state index contributed by atoms with van der Waals surface area (Å²) in [6.07, 6.45) is 0. The summed E-state index contributed by atoms with van der Waals surface area (Å²) >= 11 is 1.29. The monoisotopic (exact) mass is 869 g/mol. The molecule has 0 saturated heterocycles. The van der Waals surface area contributed by atoms with Crippen molar-refractivity contribution in [3.8, 4) is 22.5 Å². The van der Waals surface area contributed by atoms with Gasteiger partial charge in [0.15, 0.2) is 8.07 Å². The quantitative estimate of drug-likeness (QED) is 0.112. The molecular weight excluding hydrogens is 809 g/mol. The van der Waals surface area contributed by atoms with Gasteiger partial charge in [-0.2, -0.15) is 0 Å². The number of hydrogen-bond acceptors (Lipinski definition) is 1. The lowest BCUT2D eigenvalue weighted by Gasteiger charge is -2.35. The highest BCUT2D eigenvalue weighted by atomic mass is 32.1. The summed E-state index contributed by atoms with van der Waals surface area (Å²) in [5.74, 6) is 0. The molecule has 3 aromatic heterocycles. The van der Waals surface area contributed by atoms with E-state index in [0.717, 1.165) is 4.70 Å². The predicted octanol–water partition coefficient (Wildman–Crippen LogP) is 13.3. The third-order valence-corrected chi connectivity index (χ3v) is 17.5. The number of fused-ring (bicyclic) bond motifs is 10. The van der Waals surface area contributed by atoms with Gasteiger partial charge in [0.25, 0.3) is 0 Å². The fourth-order valence-corrected chi connectivity index (χ4v) is 14.7. The van der Waals surface area contributed by atoms with Crippen molar-refractivity contribution in [2.45, 2.75) is 0 Å². The normalized spacial score (nSPS) is 16.7. The summed E-state index contributed by atoms with van der Waals surface area (Å²) in [5.41, 5.74) is -0.474. The molecule has 0 spiro atoms. The van der Waals surface area contributed by atoms with Crippen molar-refractivity contribution in [3.63, 3.8) is 0 Å². The molecule has 0 aliphatic rings. The van der Waals surface area contributed by atoms with Crippen molar-refractivity contribution in [1.29, 1.82) is 0 Å². The van der Waals surface area contributed by atoms with Crippen LogP contribution in [0.25, 0.3) is 86.3 Å². The van der Waals surface area contributed by atoms with E-state index in [1.54, 1.807) is 95.6 Å². The number of thiophene rings is 1. The Kier molecular flexibility index (Phi) is 4.94. The summed E-state index contributed by atoms with van der Waals surface area (Å²) in [4.78, 5) is 0. The molecule has 0 saturated carbocycles. The Morgan fingerprint density at radius 2 is 1.00 bits per heavy atom. The van der Waals surface area contributed by atoms with E-state index in [2.05, 4.69) is 0 Å². The van der Waals surface area contributed by atoms with Crippen LogP contribution in [0.4, 0.5) is 0 Å². The second-order valence-corrected chi connectivity index (χ2v) is 19.9. The van der Waals surface area contributed by atoms with Crippen LogP contribution in [0.5, 0.6) is 0 Å². The Morgan fingerprint density at radius 3 is 1.70 bits per heavy atom. The molecule has 0 aliphatic heterocycles. The van der Waals surface area contributed by atoms with E-state index < -0.39 is 146 Å². The molecule has 13 aromatic rings. The van der Waals surface area contributed by atoms with E-state index in [1.807, 2.05) is 24.3 Å². The maximum atomic E-state index is 10.5. The van der Waals surface area contributed by atoms with E-state index in [0.29, 0.717) is 47.7 Å². The SMILES string of the molecule is [2H]c1c([2H])c([2H])c(-c2c([2H])c([2H])c([2H])c([Si](c3ccccc3)(c3ccccc3)c3c([2H])c([2H])c(-n4c5ccccc5c5cc(-n6c7c([2H])c([2H])c([2H])c([2H])c7c7c([2H])c([2H])c([2H])c([2H])c76)c6sc7ccccc7c6c54)c([2H])c3[2H])c2[2H])c([2H])c1[2H]. The molecule has 10 aromatic carbocycles. The molecule has 0 N–H and O–H groups in total. The minimum absolute atomic E-state index is 0.100. The predicted molar refractivity (Wildman–Crippen MR) is 277 cm³/mol. The zero-order chi connectivity index (χ0) is 60.5. The summed E-state index contributed by atoms with van der Waals surface area (Å²) in [5, 5.41) is 2.01. The largest absolute Gasteiger partial charge is 0.309 e. The Morgan fingerprint density at radius 1 is 0.406 bits per heavy atom. The number of hydrogen-bond donors (Lipinski definition) is 0. The number of aromatic nitrogens is 2. The van der Waals surface area contributed by atoms with Crippen LogP contribution < -0.4 is 20.7 Å². The van der Waals surface area contributed by atoms with Crippen molar-refractivity contribution in [3.05, 3.63) is 242 Å². The number of benzene rings is 10. The molecule has 13 rings (SSSR count). The van der Waals surface area contributed by atoms with Gasteiger partial charge in [0.2, 0.25) is 0 Å². The van der Waals surface area contributed by atoms with E-state index in [9.17, 15) is 16.4 Å². The first-order chi connectivity index (χ1) is 40.5. The molecule has 0 fully saturated rings. The Hall–Kier alpha value is -7.76. The second-order valence-electron chi connectivity index (χ2n) is 15.2. The highest BCUT2D eigenvalue weighted by molar-refractivity contribution is 7.26. The Balaban J connectivity index is 1.20. The maximum absolute atomic E-state index is 10.5. The summed E-state index contributed by atoms with van der Waals surface area (Å²) in [6, 6.07) is 19.5. The van der Waals surface area contributed by atoms with Gasteiger partial charge in [0.05, 0.1) is 61.2 Å². The lowest BCUT2D eigenvalue weighted by molar-refractivity contribution is 1.18. The summed E-state index contributed by atoms with van der Waals surface area (Å²) in [7, 11) is -4.80. The lowest BCUT2D eigenvalue weighted by Crippen LogP contribution is -2.74. The second kappa shape index (κ2) is 14.7. The van der Waals surface area contributed by atoms with E-state index in [4.69, 9.17) is 12.3 Å². The molecule has 0 radical (unpaired) electrons. The van der Waals surface area contributed by atoms with Crippen LogP contribution in [0.2, 0.25) is 0 Å². The maximum Gasteiger partial charge on any atom is 0.179 e. The average molecular weight is 870 g/mol. The zero-order valence-electron chi connectivity index (χ0n) is 54.3. The van der Waals surface area contributed by atoms with Crippen molar-refractivity contribution in [1.82, 2.24) is 9.13 Å². The molecule has 0 amide bonds. The molecule has 2 nitrogen and oxygen atoms in total. The molecule has 300 valence electrons. The number of rotatable bonds is 7. The van der Waals surface area contributed by atoms with Crippen LogP contribution in [0.1, 0.15) is 28.8 Å². The number of para-hydroxylation sites is 3. The Labute approximate surface area is 405 Å². The molecule has 0 unspecified atom stereocenters. The first-order valence-electron chi connectivity index (χ1n) is 30.8. The van der Waals surface area contributed by atoms with Crippen molar-refractivity contribution >= 4 is 104 Å². The molecule has 0 bridgehead atoms. The van der Waals surface area contributed by atoms with Gasteiger partial charge in [0.1, 0.15) is 0 Å². The molecule has 0 aliphatic carbocycles. The average Bonchev–Trinajstić information content (AvgIpc) is 1.71. The van der Waals surface area contributed by atoms with Gasteiger partial charge in [-0.15, -0.1) is 11.3 Å². The van der Waals surface area contributed by atoms with Gasteiger partial charge in [-0.05, 0) is 74.2 Å². The molecule has 3 heterocycles. The van der Waals surface area contributed by atoms with Gasteiger partial charge in [-0.1, -0.05) is 200 Å². The lowest BCUT2D eigenvalue weighted by atomic mass is 10.1. The molecular formula is C60H40N2SSi. The van der Waals surface area contributed by atoms with Crippen molar-refractivity contribution < 1.29 is 28.8 Å². The third kappa shape index (κ3) is 5.43. The molecule has 0 atom stereocenters. The minimum Gasteiger partial charge on any atom is -0.309 e. The van der Waals surface area contributed by atoms with Gasteiger partial charge >= 0.3 is 0 Å². The van der Waals surface area contributed by atoms with Crippen LogP contribution >= 0.6 is 11.3 Å². The topological polar surface area (TPSA) is 9.86 Å². The molecule has 64 heavy (non-hydrogen) atoms. The van der Waals surface area contributed by atoms with Gasteiger partial charge in [-0.3, -0.25) is 0 Å². The van der Waals surface area contributed by atoms with Crippen molar-refractivity contribution in [2.75, 3.05) is 0 Å². The van der Waals surface area contributed by atoms with Crippen LogP contribution in [0.15, 0.2) is 242 Å². The molecule has 4 heteroatoms. The summed E-state index contributed by atoms with van der Waals surface area (Å²) < 4.78 is 200. The van der Waals surface area contributed by atoms with Crippen LogP contribution in [-0.2, 0) is 0 Å². The van der Waals surface area contributed by atoms with Crippen LogP contribution in [0, 0.1) is 0 Å². The fourth-order valence-electron chi connectivity index (χ4n) is 9.26. The standard InChI is InChI=1S/C60H40N2SSi/c1-4-19-41(20-5-1)42-21-18-26-47(39-42)64(44-22-6-2-7-23-44,45-24-8-3-9-25-45)46-37-35-43(36-38-46)61-53-31-14-12-29-50(53)52-40-56(60-58(59(52)61)51-30-13-17-34-57(51)63-60)62-54-32-15-10-27-48(54)49-28-11-16-33-55(49)62/h1-40H/i1D,4D,5D,10D,11D,15D,16D,18D,19D,20D,21D,26D,27D,28D,32D,33D,35D,36D,37D,38D,39D. The van der Waals surface area contributed by atoms with Gasteiger partial charge in [0, 0.05) is 42.7 Å². The van der Waals surface area contributed by atoms with Gasteiger partial charge in [-0.25, -0.2) is 0 Å². The fraction of sp³-hybridized carbons (Fsp3) is 0. The highest BCUT2D eigenvalue weighted by Crippen LogP contribution is 2.47. The van der Waals surface area contributed by atoms with E-state index in [-0.39, 0.29) is 43.6 Å². The highest BCUT2D eigenvalue weighted by Gasteiger charge is 2.41. The van der Waals surface area contributed by atoms with E-state index >= 15 is 0 Å². The first kappa shape index (κ1) is 21.5. The third-order valence-electron chi connectivity index (χ3n) is 11.9. The smallest absolute Gasteiger partial charge is 0.179 e. The zero-order valence-corrected chi connectivity index (χ0v) is 35.1. The van der Waals surface area contributed by atoms with Gasteiger partial charge < -0.3 is 9.13 Å².